The molecule has 4 rings (SSSR count). The number of benzene rings is 1. The zero-order chi connectivity index (χ0) is 15.5. The number of fused-ring (bicyclic) bond motifs is 5. The number of esters is 1. The van der Waals surface area contributed by atoms with Crippen LogP contribution < -0.4 is 5.32 Å². The van der Waals surface area contributed by atoms with Gasteiger partial charge in [0.05, 0.1) is 17.9 Å². The van der Waals surface area contributed by atoms with Crippen molar-refractivity contribution in [1.29, 1.82) is 0 Å². The van der Waals surface area contributed by atoms with Crippen LogP contribution in [0.2, 0.25) is 0 Å². The van der Waals surface area contributed by atoms with Crippen LogP contribution in [0.3, 0.4) is 0 Å². The molecule has 0 aromatic heterocycles. The number of amides is 1. The normalized spacial score (nSPS) is 34.1. The quantitative estimate of drug-likeness (QED) is 0.674. The smallest absolute Gasteiger partial charge is 0.310 e. The number of hydrogen-bond donors (Lipinski definition) is 1. The molecule has 1 fully saturated rings. The Morgan fingerprint density at radius 2 is 2.27 bits per heavy atom. The van der Waals surface area contributed by atoms with Crippen molar-refractivity contribution in [1.82, 2.24) is 0 Å². The predicted molar refractivity (Wildman–Crippen MR) is 77.6 cm³/mol. The molecule has 4 atom stereocenters. The average Bonchev–Trinajstić information content (AvgIpc) is 3.14. The minimum atomic E-state index is -1.02. The first-order chi connectivity index (χ1) is 10.6. The van der Waals surface area contributed by atoms with Crippen molar-refractivity contribution < 1.29 is 18.7 Å². The van der Waals surface area contributed by atoms with E-state index < -0.39 is 17.2 Å². The number of nitrogens with one attached hydrogen (secondary N) is 1. The summed E-state index contributed by atoms with van der Waals surface area (Å²) >= 11 is 0. The van der Waals surface area contributed by atoms with Gasteiger partial charge >= 0.3 is 5.97 Å². The minimum absolute atomic E-state index is 0.0241. The van der Waals surface area contributed by atoms with Gasteiger partial charge in [0.1, 0.15) is 5.82 Å². The van der Waals surface area contributed by atoms with E-state index >= 15 is 0 Å². The predicted octanol–water partition coefficient (Wildman–Crippen LogP) is 2.40. The van der Waals surface area contributed by atoms with Crippen molar-refractivity contribution in [3.63, 3.8) is 0 Å². The molecule has 1 saturated carbocycles. The molecule has 1 spiro atoms. The lowest BCUT2D eigenvalue weighted by Gasteiger charge is -2.35. The van der Waals surface area contributed by atoms with E-state index in [1.54, 1.807) is 13.0 Å². The zero-order valence-corrected chi connectivity index (χ0v) is 12.1. The highest BCUT2D eigenvalue weighted by atomic mass is 19.1. The number of ether oxygens (including phenoxy) is 1. The Morgan fingerprint density at radius 3 is 3.05 bits per heavy atom. The second-order valence-corrected chi connectivity index (χ2v) is 6.13. The highest BCUT2D eigenvalue weighted by Gasteiger charge is 2.67. The molecule has 2 aliphatic carbocycles. The number of rotatable bonds is 2. The summed E-state index contributed by atoms with van der Waals surface area (Å²) in [5, 5.41) is 2.82. The van der Waals surface area contributed by atoms with E-state index in [9.17, 15) is 14.0 Å². The molecule has 0 unspecified atom stereocenters. The number of hydrogen-bond acceptors (Lipinski definition) is 3. The van der Waals surface area contributed by atoms with Crippen molar-refractivity contribution in [3.05, 3.63) is 41.7 Å². The lowest BCUT2D eigenvalue weighted by molar-refractivity contribution is -0.153. The van der Waals surface area contributed by atoms with Crippen LogP contribution in [0, 0.1) is 23.6 Å². The second kappa shape index (κ2) is 4.41. The van der Waals surface area contributed by atoms with Gasteiger partial charge < -0.3 is 10.1 Å². The number of halogens is 1. The maximum Gasteiger partial charge on any atom is 0.310 e. The molecule has 1 amide bonds. The van der Waals surface area contributed by atoms with Crippen molar-refractivity contribution in [3.8, 4) is 0 Å². The van der Waals surface area contributed by atoms with Gasteiger partial charge in [0.25, 0.3) is 0 Å². The molecule has 0 saturated heterocycles. The summed E-state index contributed by atoms with van der Waals surface area (Å²) in [4.78, 5) is 25.3. The Labute approximate surface area is 127 Å². The van der Waals surface area contributed by atoms with Crippen molar-refractivity contribution >= 4 is 17.6 Å². The molecular weight excluding hydrogens is 285 g/mol. The summed E-state index contributed by atoms with van der Waals surface area (Å²) in [6, 6.07) is 4.27. The topological polar surface area (TPSA) is 55.4 Å². The first-order valence-electron chi connectivity index (χ1n) is 7.55. The first-order valence-corrected chi connectivity index (χ1v) is 7.55. The molecule has 3 aliphatic rings. The maximum atomic E-state index is 13.8. The fraction of sp³-hybridized carbons (Fsp3) is 0.412. The van der Waals surface area contributed by atoms with Gasteiger partial charge in [-0.1, -0.05) is 12.2 Å². The largest absolute Gasteiger partial charge is 0.466 e. The standard InChI is InChI=1S/C17H16FNO3/c1-2-22-15(20)14-9-3-4-10(7-9)17(14)12-8-11(18)5-6-13(12)19-16(17)21/h3-6,8-10,14H,2,7H2,1H3,(H,19,21)/t9-,10+,14-,17-/m1/s1. The molecule has 4 nitrogen and oxygen atoms in total. The van der Waals surface area contributed by atoms with Gasteiger partial charge in [-0.2, -0.15) is 0 Å². The van der Waals surface area contributed by atoms with Crippen LogP contribution in [0.4, 0.5) is 10.1 Å². The summed E-state index contributed by atoms with van der Waals surface area (Å²) in [6.45, 7) is 2.01. The minimum Gasteiger partial charge on any atom is -0.466 e. The van der Waals surface area contributed by atoms with Gasteiger partial charge in [-0.25, -0.2) is 4.39 Å². The molecule has 22 heavy (non-hydrogen) atoms. The van der Waals surface area contributed by atoms with Gasteiger partial charge in [-0.3, -0.25) is 9.59 Å². The van der Waals surface area contributed by atoms with Gasteiger partial charge in [0.15, 0.2) is 0 Å². The fourth-order valence-electron chi connectivity index (χ4n) is 4.47. The van der Waals surface area contributed by atoms with Crippen LogP contribution in [0.15, 0.2) is 30.4 Å². The van der Waals surface area contributed by atoms with Crippen LogP contribution in [-0.4, -0.2) is 18.5 Å². The van der Waals surface area contributed by atoms with E-state index in [0.717, 1.165) is 6.42 Å². The van der Waals surface area contributed by atoms with Crippen LogP contribution in [0.1, 0.15) is 18.9 Å². The van der Waals surface area contributed by atoms with E-state index in [0.29, 0.717) is 11.3 Å². The van der Waals surface area contributed by atoms with E-state index in [4.69, 9.17) is 4.74 Å². The zero-order valence-electron chi connectivity index (χ0n) is 12.1. The first kappa shape index (κ1) is 13.5. The highest BCUT2D eigenvalue weighted by molar-refractivity contribution is 6.10. The highest BCUT2D eigenvalue weighted by Crippen LogP contribution is 2.61. The third-order valence-corrected chi connectivity index (χ3v) is 5.21. The van der Waals surface area contributed by atoms with Crippen molar-refractivity contribution in [2.75, 3.05) is 11.9 Å². The molecule has 5 heteroatoms. The Balaban J connectivity index is 1.92. The SMILES string of the molecule is CCOC(=O)[C@H]1[C@@H]2C=C[C@@H](C2)[C@]12C(=O)Nc1ccc(F)cc12. The molecule has 0 radical (unpaired) electrons. The van der Waals surface area contributed by atoms with Crippen LogP contribution in [-0.2, 0) is 19.7 Å². The molecule has 1 aromatic rings. The Bertz CT molecular complexity index is 714. The molecule has 2 bridgehead atoms. The molecule has 1 heterocycles. The summed E-state index contributed by atoms with van der Waals surface area (Å²) in [5.74, 6) is -1.68. The molecule has 1 aromatic carbocycles. The number of anilines is 1. The fourth-order valence-corrected chi connectivity index (χ4v) is 4.47. The van der Waals surface area contributed by atoms with E-state index in [2.05, 4.69) is 5.32 Å². The van der Waals surface area contributed by atoms with Gasteiger partial charge in [-0.15, -0.1) is 0 Å². The van der Waals surface area contributed by atoms with E-state index in [-0.39, 0.29) is 30.3 Å². The van der Waals surface area contributed by atoms with Crippen molar-refractivity contribution in [2.24, 2.45) is 17.8 Å². The number of carbonyl (C=O) groups is 2. The van der Waals surface area contributed by atoms with Crippen LogP contribution in [0.5, 0.6) is 0 Å². The number of allylic oxidation sites excluding steroid dienone is 2. The Kier molecular flexibility index (Phi) is 2.71. The molecule has 114 valence electrons. The molecular formula is C17H16FNO3. The maximum absolute atomic E-state index is 13.8. The Hall–Kier alpha value is -2.17. The monoisotopic (exact) mass is 301 g/mol. The average molecular weight is 301 g/mol. The van der Waals surface area contributed by atoms with Gasteiger partial charge in [-0.05, 0) is 48.9 Å². The molecule has 1 aliphatic heterocycles. The van der Waals surface area contributed by atoms with Crippen LogP contribution in [0.25, 0.3) is 0 Å². The summed E-state index contributed by atoms with van der Waals surface area (Å²) in [6.07, 6.45) is 4.70. The lowest BCUT2D eigenvalue weighted by atomic mass is 9.65. The third-order valence-electron chi connectivity index (χ3n) is 5.21. The van der Waals surface area contributed by atoms with Crippen molar-refractivity contribution in [2.45, 2.75) is 18.8 Å². The molecule has 1 N–H and O–H groups in total. The summed E-state index contributed by atoms with van der Waals surface area (Å²) < 4.78 is 19.0. The third kappa shape index (κ3) is 1.46. The lowest BCUT2D eigenvalue weighted by Crippen LogP contribution is -2.48. The van der Waals surface area contributed by atoms with E-state index in [1.807, 2.05) is 12.2 Å². The van der Waals surface area contributed by atoms with Gasteiger partial charge in [0.2, 0.25) is 5.91 Å². The Morgan fingerprint density at radius 1 is 1.45 bits per heavy atom. The number of carbonyl (C=O) groups excluding carboxylic acids is 2. The van der Waals surface area contributed by atoms with Crippen LogP contribution >= 0.6 is 0 Å². The summed E-state index contributed by atoms with van der Waals surface area (Å²) in [5.41, 5.74) is 0.164. The summed E-state index contributed by atoms with van der Waals surface area (Å²) in [7, 11) is 0. The van der Waals surface area contributed by atoms with Gasteiger partial charge in [0, 0.05) is 5.69 Å². The van der Waals surface area contributed by atoms with E-state index in [1.165, 1.54) is 12.1 Å². The second-order valence-electron chi connectivity index (χ2n) is 6.13.